The number of likely N-dealkylation sites (tertiary alicyclic amines) is 1. The summed E-state index contributed by atoms with van der Waals surface area (Å²) in [5.74, 6) is 1.68. The fourth-order valence-electron chi connectivity index (χ4n) is 6.58. The van der Waals surface area contributed by atoms with Crippen molar-refractivity contribution in [2.75, 3.05) is 19.6 Å². The minimum absolute atomic E-state index is 0.365. The van der Waals surface area contributed by atoms with E-state index in [4.69, 9.17) is 0 Å². The number of piperidine rings is 1. The van der Waals surface area contributed by atoms with Gasteiger partial charge in [0.15, 0.2) is 0 Å². The SMILES string of the molecule is c1ccc(CN2CCC(C3(C4CCCC4)CNCc4ccccc43)CC2)cc1. The molecule has 1 aliphatic carbocycles. The predicted molar refractivity (Wildman–Crippen MR) is 116 cm³/mol. The maximum absolute atomic E-state index is 3.84. The van der Waals surface area contributed by atoms with Crippen molar-refractivity contribution in [2.24, 2.45) is 11.8 Å². The third-order valence-corrected chi connectivity index (χ3v) is 7.90. The van der Waals surface area contributed by atoms with Crippen LogP contribution in [0.4, 0.5) is 0 Å². The van der Waals surface area contributed by atoms with Crippen molar-refractivity contribution in [3.05, 3.63) is 71.3 Å². The summed E-state index contributed by atoms with van der Waals surface area (Å²) in [5.41, 5.74) is 5.08. The molecule has 0 spiro atoms. The van der Waals surface area contributed by atoms with Gasteiger partial charge in [-0.15, -0.1) is 0 Å². The van der Waals surface area contributed by atoms with E-state index in [1.165, 1.54) is 63.7 Å². The van der Waals surface area contributed by atoms with E-state index in [9.17, 15) is 0 Å². The second kappa shape index (κ2) is 8.00. The normalized spacial score (nSPS) is 27.0. The highest BCUT2D eigenvalue weighted by molar-refractivity contribution is 5.39. The number of fused-ring (bicyclic) bond motifs is 1. The Balaban J connectivity index is 1.38. The summed E-state index contributed by atoms with van der Waals surface area (Å²) in [6.45, 7) is 5.85. The summed E-state index contributed by atoms with van der Waals surface area (Å²) in [6, 6.07) is 20.4. The molecule has 0 amide bonds. The molecule has 0 aromatic heterocycles. The molecule has 28 heavy (non-hydrogen) atoms. The van der Waals surface area contributed by atoms with E-state index in [0.29, 0.717) is 5.41 Å². The van der Waals surface area contributed by atoms with Crippen LogP contribution >= 0.6 is 0 Å². The number of nitrogens with one attached hydrogen (secondary N) is 1. The molecule has 2 heterocycles. The van der Waals surface area contributed by atoms with Crippen molar-refractivity contribution in [3.8, 4) is 0 Å². The molecule has 2 aliphatic heterocycles. The van der Waals surface area contributed by atoms with Crippen LogP contribution in [0.2, 0.25) is 0 Å². The topological polar surface area (TPSA) is 15.3 Å². The van der Waals surface area contributed by atoms with Crippen molar-refractivity contribution in [2.45, 2.75) is 57.0 Å². The summed E-state index contributed by atoms with van der Waals surface area (Å²) >= 11 is 0. The first-order chi connectivity index (χ1) is 13.9. The largest absolute Gasteiger partial charge is 0.312 e. The first-order valence-corrected chi connectivity index (χ1v) is 11.4. The van der Waals surface area contributed by atoms with Crippen molar-refractivity contribution in [3.63, 3.8) is 0 Å². The van der Waals surface area contributed by atoms with Gasteiger partial charge in [-0.25, -0.2) is 0 Å². The summed E-state index contributed by atoms with van der Waals surface area (Å²) in [4.78, 5) is 2.68. The Bertz CT molecular complexity index is 772. The van der Waals surface area contributed by atoms with Gasteiger partial charge in [0.05, 0.1) is 0 Å². The third-order valence-electron chi connectivity index (χ3n) is 7.90. The van der Waals surface area contributed by atoms with Crippen LogP contribution in [0.1, 0.15) is 55.2 Å². The molecule has 1 unspecified atom stereocenters. The maximum atomic E-state index is 3.84. The second-order valence-electron chi connectivity index (χ2n) is 9.32. The fourth-order valence-corrected chi connectivity index (χ4v) is 6.58. The molecule has 1 saturated carbocycles. The van der Waals surface area contributed by atoms with Gasteiger partial charge in [0.25, 0.3) is 0 Å². The first kappa shape index (κ1) is 18.4. The highest BCUT2D eigenvalue weighted by Crippen LogP contribution is 2.51. The number of nitrogens with zero attached hydrogens (tertiary/aromatic N) is 1. The van der Waals surface area contributed by atoms with E-state index in [1.807, 2.05) is 0 Å². The van der Waals surface area contributed by atoms with Crippen LogP contribution in [-0.2, 0) is 18.5 Å². The van der Waals surface area contributed by atoms with Crippen LogP contribution in [0.15, 0.2) is 54.6 Å². The van der Waals surface area contributed by atoms with Gasteiger partial charge in [0, 0.05) is 25.0 Å². The van der Waals surface area contributed by atoms with E-state index >= 15 is 0 Å². The Morgan fingerprint density at radius 1 is 0.821 bits per heavy atom. The summed E-state index contributed by atoms with van der Waals surface area (Å²) in [5, 5.41) is 3.84. The molecule has 2 nitrogen and oxygen atoms in total. The fraction of sp³-hybridized carbons (Fsp3) is 0.538. The summed E-state index contributed by atoms with van der Waals surface area (Å²) < 4.78 is 0. The van der Waals surface area contributed by atoms with Crippen LogP contribution in [0, 0.1) is 11.8 Å². The molecule has 2 fully saturated rings. The van der Waals surface area contributed by atoms with Crippen LogP contribution in [0.3, 0.4) is 0 Å². The lowest BCUT2D eigenvalue weighted by Gasteiger charge is -2.52. The first-order valence-electron chi connectivity index (χ1n) is 11.4. The second-order valence-corrected chi connectivity index (χ2v) is 9.32. The Morgan fingerprint density at radius 3 is 2.29 bits per heavy atom. The van der Waals surface area contributed by atoms with Gasteiger partial charge in [-0.2, -0.15) is 0 Å². The number of hydrogen-bond acceptors (Lipinski definition) is 2. The molecule has 3 aliphatic rings. The number of benzene rings is 2. The lowest BCUT2D eigenvalue weighted by molar-refractivity contribution is 0.0768. The Hall–Kier alpha value is -1.64. The number of rotatable bonds is 4. The highest BCUT2D eigenvalue weighted by Gasteiger charge is 2.49. The van der Waals surface area contributed by atoms with E-state index in [0.717, 1.165) is 24.9 Å². The molecular weight excluding hydrogens is 340 g/mol. The summed E-state index contributed by atoms with van der Waals surface area (Å²) in [7, 11) is 0. The van der Waals surface area contributed by atoms with Crippen LogP contribution in [0.25, 0.3) is 0 Å². The molecule has 1 atom stereocenters. The van der Waals surface area contributed by atoms with Gasteiger partial charge in [-0.1, -0.05) is 67.4 Å². The summed E-state index contributed by atoms with van der Waals surface area (Å²) in [6.07, 6.45) is 8.42. The average Bonchev–Trinajstić information content (AvgIpc) is 3.30. The molecule has 5 rings (SSSR count). The maximum Gasteiger partial charge on any atom is 0.0233 e. The smallest absolute Gasteiger partial charge is 0.0233 e. The minimum Gasteiger partial charge on any atom is -0.312 e. The Morgan fingerprint density at radius 2 is 1.50 bits per heavy atom. The highest BCUT2D eigenvalue weighted by atomic mass is 15.1. The molecule has 148 valence electrons. The van der Waals surface area contributed by atoms with E-state index in [-0.39, 0.29) is 0 Å². The molecule has 0 bridgehead atoms. The van der Waals surface area contributed by atoms with Crippen molar-refractivity contribution in [1.29, 1.82) is 0 Å². The molecule has 2 heteroatoms. The lowest BCUT2D eigenvalue weighted by atomic mass is 9.57. The van der Waals surface area contributed by atoms with Crippen molar-refractivity contribution >= 4 is 0 Å². The van der Waals surface area contributed by atoms with Gasteiger partial charge in [-0.05, 0) is 67.3 Å². The Kier molecular flexibility index (Phi) is 5.26. The quantitative estimate of drug-likeness (QED) is 0.798. The zero-order chi connectivity index (χ0) is 18.8. The van der Waals surface area contributed by atoms with E-state index in [1.54, 1.807) is 11.1 Å². The van der Waals surface area contributed by atoms with Crippen LogP contribution in [0.5, 0.6) is 0 Å². The number of hydrogen-bond donors (Lipinski definition) is 1. The lowest BCUT2D eigenvalue weighted by Crippen LogP contribution is -2.55. The van der Waals surface area contributed by atoms with E-state index < -0.39 is 0 Å². The molecular formula is C26H34N2. The molecule has 2 aromatic carbocycles. The molecule has 1 saturated heterocycles. The standard InChI is InChI=1S/C26H34N2/c1-2-8-21(9-3-1)19-28-16-14-24(15-17-28)26(23-11-5-6-12-23)20-27-18-22-10-4-7-13-25(22)26/h1-4,7-10,13,23-24,27H,5-6,11-12,14-20H2. The zero-order valence-corrected chi connectivity index (χ0v) is 17.1. The Labute approximate surface area is 170 Å². The van der Waals surface area contributed by atoms with Crippen LogP contribution < -0.4 is 5.32 Å². The van der Waals surface area contributed by atoms with Crippen molar-refractivity contribution < 1.29 is 0 Å². The van der Waals surface area contributed by atoms with Gasteiger partial charge in [0.1, 0.15) is 0 Å². The average molecular weight is 375 g/mol. The van der Waals surface area contributed by atoms with Crippen LogP contribution in [-0.4, -0.2) is 24.5 Å². The van der Waals surface area contributed by atoms with Gasteiger partial charge in [0.2, 0.25) is 0 Å². The monoisotopic (exact) mass is 374 g/mol. The molecule has 0 radical (unpaired) electrons. The molecule has 1 N–H and O–H groups in total. The van der Waals surface area contributed by atoms with Gasteiger partial charge >= 0.3 is 0 Å². The third kappa shape index (κ3) is 3.31. The van der Waals surface area contributed by atoms with Gasteiger partial charge in [-0.3, -0.25) is 4.90 Å². The zero-order valence-electron chi connectivity index (χ0n) is 17.1. The minimum atomic E-state index is 0.365. The predicted octanol–water partition coefficient (Wildman–Crippen LogP) is 5.13. The van der Waals surface area contributed by atoms with Gasteiger partial charge < -0.3 is 5.32 Å². The van der Waals surface area contributed by atoms with E-state index in [2.05, 4.69) is 64.8 Å². The molecule has 2 aromatic rings. The van der Waals surface area contributed by atoms with Crippen molar-refractivity contribution in [1.82, 2.24) is 10.2 Å².